The van der Waals surface area contributed by atoms with E-state index in [0.717, 1.165) is 41.4 Å². The molecule has 4 rings (SSSR count). The number of rotatable bonds is 6. The Bertz CT molecular complexity index is 983. The van der Waals surface area contributed by atoms with Gasteiger partial charge in [-0.3, -0.25) is 0 Å². The Hall–Kier alpha value is -3.11. The fraction of sp³-hybridized carbons (Fsp3) is 0.409. The van der Waals surface area contributed by atoms with Crippen LogP contribution in [0.1, 0.15) is 50.0 Å². The molecule has 3 aromatic rings. The number of ether oxygens (including phenoxy) is 1. The summed E-state index contributed by atoms with van der Waals surface area (Å²) < 4.78 is 8.17. The summed E-state index contributed by atoms with van der Waals surface area (Å²) >= 11 is 0. The van der Waals surface area contributed by atoms with Crippen molar-refractivity contribution in [3.63, 3.8) is 0 Å². The average molecular weight is 393 g/mol. The molecule has 0 saturated heterocycles. The zero-order valence-corrected chi connectivity index (χ0v) is 16.7. The molecule has 0 radical (unpaired) electrons. The van der Waals surface area contributed by atoms with Crippen molar-refractivity contribution in [2.75, 3.05) is 5.73 Å². The maximum atomic E-state index is 9.18. The van der Waals surface area contributed by atoms with E-state index < -0.39 is 0 Å². The van der Waals surface area contributed by atoms with E-state index in [-0.39, 0.29) is 12.0 Å². The maximum absolute atomic E-state index is 9.18. The van der Waals surface area contributed by atoms with Crippen LogP contribution in [0.3, 0.4) is 0 Å². The minimum atomic E-state index is 0. The number of nitriles is 1. The molecule has 1 aliphatic carbocycles. The van der Waals surface area contributed by atoms with Gasteiger partial charge in [-0.25, -0.2) is 9.97 Å². The van der Waals surface area contributed by atoms with Gasteiger partial charge in [0.2, 0.25) is 5.82 Å². The van der Waals surface area contributed by atoms with E-state index in [1.807, 2.05) is 30.3 Å². The lowest BCUT2D eigenvalue weighted by Crippen LogP contribution is -2.13. The van der Waals surface area contributed by atoms with Gasteiger partial charge in [-0.05, 0) is 42.7 Å². The number of nitrogens with two attached hydrogens (primary N) is 1. The van der Waals surface area contributed by atoms with Crippen LogP contribution in [-0.2, 0) is 13.2 Å². The van der Waals surface area contributed by atoms with Crippen molar-refractivity contribution in [2.45, 2.75) is 51.7 Å². The van der Waals surface area contributed by atoms with Gasteiger partial charge in [0.05, 0.1) is 5.69 Å². The van der Waals surface area contributed by atoms with Gasteiger partial charge in [-0.2, -0.15) is 5.26 Å². The molecule has 0 spiro atoms. The second kappa shape index (κ2) is 9.39. The Morgan fingerprint density at radius 1 is 1.17 bits per heavy atom. The molecule has 1 fully saturated rings. The first-order chi connectivity index (χ1) is 13.7. The molecular formula is C22H28N6O. The van der Waals surface area contributed by atoms with Crippen molar-refractivity contribution in [1.82, 2.24) is 20.7 Å². The van der Waals surface area contributed by atoms with Crippen LogP contribution in [0.15, 0.2) is 36.5 Å². The van der Waals surface area contributed by atoms with Crippen LogP contribution < -0.4 is 16.6 Å². The summed E-state index contributed by atoms with van der Waals surface area (Å²) in [5.41, 5.74) is 8.33. The number of nitrogens with zero attached hydrogens (tertiary/aromatic N) is 4. The molecule has 5 N–H and O–H groups in total. The fourth-order valence-corrected chi connectivity index (χ4v) is 4.03. The van der Waals surface area contributed by atoms with Crippen molar-refractivity contribution in [3.8, 4) is 11.8 Å². The zero-order valence-electron chi connectivity index (χ0n) is 16.7. The summed E-state index contributed by atoms with van der Waals surface area (Å²) in [7, 11) is 0. The van der Waals surface area contributed by atoms with Crippen LogP contribution in [-0.4, -0.2) is 14.5 Å². The maximum Gasteiger partial charge on any atom is 0.234 e. The molecule has 1 saturated carbocycles. The van der Waals surface area contributed by atoms with Gasteiger partial charge < -0.3 is 21.2 Å². The number of aryl methyl sites for hydroxylation is 1. The molecule has 7 nitrogen and oxygen atoms in total. The highest BCUT2D eigenvalue weighted by molar-refractivity contribution is 5.76. The molecule has 0 aliphatic heterocycles. The molecule has 29 heavy (non-hydrogen) atoms. The van der Waals surface area contributed by atoms with Gasteiger partial charge in [-0.15, -0.1) is 0 Å². The predicted octanol–water partition coefficient (Wildman–Crippen LogP) is 4.60. The third-order valence-electron chi connectivity index (χ3n) is 5.57. The number of benzene rings is 1. The molecule has 0 unspecified atom stereocenters. The minimum absolute atomic E-state index is 0. The summed E-state index contributed by atoms with van der Waals surface area (Å²) in [6, 6.07) is 11.5. The van der Waals surface area contributed by atoms with Crippen LogP contribution in [0.25, 0.3) is 11.0 Å². The van der Waals surface area contributed by atoms with Gasteiger partial charge >= 0.3 is 0 Å². The summed E-state index contributed by atoms with van der Waals surface area (Å²) in [6.07, 6.45) is 9.53. The van der Waals surface area contributed by atoms with Gasteiger partial charge in [-0.1, -0.05) is 32.1 Å². The van der Waals surface area contributed by atoms with Crippen molar-refractivity contribution in [3.05, 3.63) is 48.0 Å². The van der Waals surface area contributed by atoms with Crippen LogP contribution >= 0.6 is 0 Å². The van der Waals surface area contributed by atoms with Crippen LogP contribution in [0.2, 0.25) is 0 Å². The molecule has 152 valence electrons. The van der Waals surface area contributed by atoms with E-state index in [1.165, 1.54) is 32.1 Å². The zero-order chi connectivity index (χ0) is 19.3. The standard InChI is InChI=1S/C22H25N5O.H3N/c23-13-21-25-14-17-12-19(15-28-20-8-6-18(24)7-9-20)27(22(17)26-21)11-10-16-4-2-1-3-5-16;/h6-9,12,14,16H,1-5,10-11,15,24H2;1H3. The Labute approximate surface area is 171 Å². The van der Waals surface area contributed by atoms with E-state index >= 15 is 0 Å². The lowest BCUT2D eigenvalue weighted by atomic mass is 9.87. The third-order valence-corrected chi connectivity index (χ3v) is 5.57. The normalized spacial score (nSPS) is 14.3. The number of nitrogen functional groups attached to an aromatic ring is 1. The number of fused-ring (bicyclic) bond motifs is 1. The third kappa shape index (κ3) is 4.84. The molecule has 0 atom stereocenters. The van der Waals surface area contributed by atoms with Crippen molar-refractivity contribution in [2.24, 2.45) is 5.92 Å². The lowest BCUT2D eigenvalue weighted by molar-refractivity contribution is 0.287. The highest BCUT2D eigenvalue weighted by Gasteiger charge is 2.17. The predicted molar refractivity (Wildman–Crippen MR) is 114 cm³/mol. The number of hydrogen-bond acceptors (Lipinski definition) is 6. The van der Waals surface area contributed by atoms with Crippen molar-refractivity contribution >= 4 is 16.7 Å². The van der Waals surface area contributed by atoms with E-state index in [1.54, 1.807) is 6.20 Å². The van der Waals surface area contributed by atoms with E-state index in [9.17, 15) is 5.26 Å². The van der Waals surface area contributed by atoms with Crippen LogP contribution in [0.4, 0.5) is 5.69 Å². The molecule has 2 heterocycles. The van der Waals surface area contributed by atoms with Crippen molar-refractivity contribution in [1.29, 1.82) is 5.26 Å². The van der Waals surface area contributed by atoms with Crippen LogP contribution in [0.5, 0.6) is 5.75 Å². The first-order valence-electron chi connectivity index (χ1n) is 9.96. The summed E-state index contributed by atoms with van der Waals surface area (Å²) in [4.78, 5) is 8.58. The molecule has 0 bridgehead atoms. The Kier molecular flexibility index (Phi) is 6.68. The quantitative estimate of drug-likeness (QED) is 0.591. The van der Waals surface area contributed by atoms with Gasteiger partial charge in [0.1, 0.15) is 24.1 Å². The smallest absolute Gasteiger partial charge is 0.234 e. The minimum Gasteiger partial charge on any atom is -0.487 e. The first kappa shape index (κ1) is 20.6. The van der Waals surface area contributed by atoms with E-state index in [2.05, 4.69) is 20.6 Å². The van der Waals surface area contributed by atoms with Gasteiger partial charge in [0.25, 0.3) is 0 Å². The second-order valence-corrected chi connectivity index (χ2v) is 7.52. The highest BCUT2D eigenvalue weighted by atomic mass is 16.5. The molecule has 7 heteroatoms. The van der Waals surface area contributed by atoms with Gasteiger partial charge in [0.15, 0.2) is 0 Å². The summed E-state index contributed by atoms with van der Waals surface area (Å²) in [6.45, 7) is 1.32. The Morgan fingerprint density at radius 2 is 1.93 bits per heavy atom. The number of aromatic nitrogens is 3. The topological polar surface area (TPSA) is 125 Å². The molecule has 1 aliphatic rings. The lowest BCUT2D eigenvalue weighted by Gasteiger charge is -2.22. The second-order valence-electron chi connectivity index (χ2n) is 7.52. The monoisotopic (exact) mass is 392 g/mol. The Balaban J connectivity index is 0.00000240. The van der Waals surface area contributed by atoms with Gasteiger partial charge in [0, 0.05) is 23.8 Å². The number of anilines is 1. The van der Waals surface area contributed by atoms with E-state index in [4.69, 9.17) is 10.5 Å². The largest absolute Gasteiger partial charge is 0.487 e. The molecule has 0 amide bonds. The Morgan fingerprint density at radius 3 is 2.66 bits per heavy atom. The van der Waals surface area contributed by atoms with Crippen LogP contribution in [0, 0.1) is 17.2 Å². The first-order valence-corrected chi connectivity index (χ1v) is 9.96. The highest BCUT2D eigenvalue weighted by Crippen LogP contribution is 2.28. The molecule has 2 aromatic heterocycles. The fourth-order valence-electron chi connectivity index (χ4n) is 4.03. The number of hydrogen-bond donors (Lipinski definition) is 2. The van der Waals surface area contributed by atoms with Crippen molar-refractivity contribution < 1.29 is 4.74 Å². The summed E-state index contributed by atoms with van der Waals surface area (Å²) in [5, 5.41) is 10.1. The van der Waals surface area contributed by atoms with E-state index in [0.29, 0.717) is 12.3 Å². The SMILES string of the molecule is N.N#Cc1ncc2cc(COc3ccc(N)cc3)n(CCC3CCCCC3)c2n1. The average Bonchev–Trinajstić information content (AvgIpc) is 3.09. The molecule has 1 aromatic carbocycles. The molecular weight excluding hydrogens is 364 g/mol. The summed E-state index contributed by atoms with van der Waals surface area (Å²) in [5.74, 6) is 1.76.